The topological polar surface area (TPSA) is 46.3 Å². The second-order valence-electron chi connectivity index (χ2n) is 5.67. The molecule has 0 bridgehead atoms. The van der Waals surface area contributed by atoms with Crippen LogP contribution in [0.15, 0.2) is 30.3 Å². The number of benzene rings is 1. The summed E-state index contributed by atoms with van der Waals surface area (Å²) >= 11 is 0. The summed E-state index contributed by atoms with van der Waals surface area (Å²) in [5.41, 5.74) is 7.10. The van der Waals surface area contributed by atoms with Crippen molar-refractivity contribution in [2.45, 2.75) is 38.1 Å². The van der Waals surface area contributed by atoms with Gasteiger partial charge in [-0.3, -0.25) is 4.79 Å². The third-order valence-corrected chi connectivity index (χ3v) is 3.79. The molecule has 0 aliphatic carbocycles. The summed E-state index contributed by atoms with van der Waals surface area (Å²) in [6.45, 7) is 5.77. The summed E-state index contributed by atoms with van der Waals surface area (Å²) in [7, 11) is 0. The maximum atomic E-state index is 12.0. The van der Waals surface area contributed by atoms with Gasteiger partial charge >= 0.3 is 0 Å². The molecule has 1 aromatic rings. The first-order chi connectivity index (χ1) is 8.51. The molecule has 3 nitrogen and oxygen atoms in total. The number of nitrogens with zero attached hydrogens (tertiary/aromatic N) is 1. The average Bonchev–Trinajstić information content (AvgIpc) is 2.74. The summed E-state index contributed by atoms with van der Waals surface area (Å²) in [4.78, 5) is 14.0. The van der Waals surface area contributed by atoms with Crippen molar-refractivity contribution >= 4 is 5.91 Å². The molecule has 1 aromatic carbocycles. The van der Waals surface area contributed by atoms with Crippen molar-refractivity contribution in [3.63, 3.8) is 0 Å². The molecule has 2 atom stereocenters. The molecular formula is C15H22N2O. The fourth-order valence-electron chi connectivity index (χ4n) is 2.65. The van der Waals surface area contributed by atoms with E-state index in [-0.39, 0.29) is 17.4 Å². The molecule has 2 rings (SSSR count). The van der Waals surface area contributed by atoms with Crippen LogP contribution in [0.5, 0.6) is 0 Å². The molecular weight excluding hydrogens is 224 g/mol. The highest BCUT2D eigenvalue weighted by atomic mass is 16.2. The van der Waals surface area contributed by atoms with Crippen molar-refractivity contribution in [2.24, 2.45) is 5.73 Å². The smallest absolute Gasteiger partial charge is 0.224 e. The number of amides is 1. The number of nitrogens with two attached hydrogens (primary N) is 1. The summed E-state index contributed by atoms with van der Waals surface area (Å²) < 4.78 is 0. The van der Waals surface area contributed by atoms with Crippen molar-refractivity contribution in [3.05, 3.63) is 35.9 Å². The molecule has 1 aliphatic rings. The number of rotatable bonds is 3. The second-order valence-corrected chi connectivity index (χ2v) is 5.67. The minimum absolute atomic E-state index is 0.0546. The zero-order valence-electron chi connectivity index (χ0n) is 11.2. The van der Waals surface area contributed by atoms with Crippen molar-refractivity contribution in [1.82, 2.24) is 4.90 Å². The highest BCUT2D eigenvalue weighted by Gasteiger charge is 2.37. The Labute approximate surface area is 109 Å². The Morgan fingerprint density at radius 3 is 2.72 bits per heavy atom. The van der Waals surface area contributed by atoms with Crippen LogP contribution in [0.25, 0.3) is 0 Å². The van der Waals surface area contributed by atoms with E-state index in [1.54, 1.807) is 0 Å². The van der Waals surface area contributed by atoms with E-state index in [1.165, 1.54) is 5.56 Å². The van der Waals surface area contributed by atoms with E-state index in [1.807, 2.05) is 17.9 Å². The van der Waals surface area contributed by atoms with Gasteiger partial charge in [-0.2, -0.15) is 0 Å². The summed E-state index contributed by atoms with van der Waals surface area (Å²) in [5.74, 6) is 0.185. The predicted octanol–water partition coefficient (Wildman–Crippen LogP) is 1.91. The molecule has 0 aromatic heterocycles. The van der Waals surface area contributed by atoms with Crippen LogP contribution in [0.2, 0.25) is 0 Å². The number of hydrogen-bond donors (Lipinski definition) is 1. The number of likely N-dealkylation sites (tertiary alicyclic amines) is 1. The summed E-state index contributed by atoms with van der Waals surface area (Å²) in [5, 5.41) is 0. The molecule has 0 spiro atoms. The standard InChI is InChI=1S/C15H22N2O/c1-12(16)10-14(18)17-9-8-15(2,11-17)13-6-4-3-5-7-13/h3-7,12H,8-11,16H2,1-2H3. The Kier molecular flexibility index (Phi) is 3.71. The van der Waals surface area contributed by atoms with Gasteiger partial charge < -0.3 is 10.6 Å². The van der Waals surface area contributed by atoms with Gasteiger partial charge in [-0.1, -0.05) is 37.3 Å². The summed E-state index contributed by atoms with van der Waals surface area (Å²) in [6, 6.07) is 10.4. The van der Waals surface area contributed by atoms with Crippen molar-refractivity contribution in [1.29, 1.82) is 0 Å². The van der Waals surface area contributed by atoms with E-state index in [0.717, 1.165) is 19.5 Å². The van der Waals surface area contributed by atoms with Gasteiger partial charge in [0.05, 0.1) is 0 Å². The normalized spacial score (nSPS) is 25.2. The minimum atomic E-state index is -0.0546. The molecule has 1 saturated heterocycles. The molecule has 1 aliphatic heterocycles. The van der Waals surface area contributed by atoms with Crippen LogP contribution in [-0.2, 0) is 10.2 Å². The van der Waals surface area contributed by atoms with Gasteiger partial charge in [0.25, 0.3) is 0 Å². The molecule has 3 heteroatoms. The van der Waals surface area contributed by atoms with Gasteiger partial charge in [0.2, 0.25) is 5.91 Å². The van der Waals surface area contributed by atoms with Crippen LogP contribution < -0.4 is 5.73 Å². The minimum Gasteiger partial charge on any atom is -0.342 e. The quantitative estimate of drug-likeness (QED) is 0.885. The molecule has 1 heterocycles. The van der Waals surface area contributed by atoms with E-state index in [4.69, 9.17) is 5.73 Å². The first-order valence-corrected chi connectivity index (χ1v) is 6.60. The van der Waals surface area contributed by atoms with Crippen molar-refractivity contribution in [2.75, 3.05) is 13.1 Å². The number of hydrogen-bond acceptors (Lipinski definition) is 2. The van der Waals surface area contributed by atoms with Gasteiger partial charge in [-0.15, -0.1) is 0 Å². The van der Waals surface area contributed by atoms with E-state index < -0.39 is 0 Å². The van der Waals surface area contributed by atoms with Gasteiger partial charge in [-0.05, 0) is 18.9 Å². The van der Waals surface area contributed by atoms with Crippen LogP contribution in [0.3, 0.4) is 0 Å². The average molecular weight is 246 g/mol. The molecule has 1 fully saturated rings. The fraction of sp³-hybridized carbons (Fsp3) is 0.533. The first-order valence-electron chi connectivity index (χ1n) is 6.60. The molecule has 0 radical (unpaired) electrons. The van der Waals surface area contributed by atoms with E-state index in [2.05, 4.69) is 31.2 Å². The lowest BCUT2D eigenvalue weighted by molar-refractivity contribution is -0.130. The highest BCUT2D eigenvalue weighted by molar-refractivity contribution is 5.77. The molecule has 18 heavy (non-hydrogen) atoms. The summed E-state index contributed by atoms with van der Waals surface area (Å²) in [6.07, 6.45) is 1.48. The predicted molar refractivity (Wildman–Crippen MR) is 73.3 cm³/mol. The zero-order chi connectivity index (χ0) is 13.2. The van der Waals surface area contributed by atoms with Crippen LogP contribution in [-0.4, -0.2) is 29.9 Å². The lowest BCUT2D eigenvalue weighted by Gasteiger charge is -2.25. The van der Waals surface area contributed by atoms with Crippen LogP contribution in [0, 0.1) is 0 Å². The molecule has 1 amide bonds. The Balaban J connectivity index is 2.06. The first kappa shape index (κ1) is 13.1. The largest absolute Gasteiger partial charge is 0.342 e. The van der Waals surface area contributed by atoms with E-state index >= 15 is 0 Å². The number of carbonyl (C=O) groups excluding carboxylic acids is 1. The second kappa shape index (κ2) is 5.11. The van der Waals surface area contributed by atoms with Gasteiger partial charge in [0.15, 0.2) is 0 Å². The highest BCUT2D eigenvalue weighted by Crippen LogP contribution is 2.34. The van der Waals surface area contributed by atoms with Crippen LogP contribution >= 0.6 is 0 Å². The lowest BCUT2D eigenvalue weighted by atomic mass is 9.82. The maximum Gasteiger partial charge on any atom is 0.224 e. The van der Waals surface area contributed by atoms with Gasteiger partial charge in [-0.25, -0.2) is 0 Å². The van der Waals surface area contributed by atoms with E-state index in [9.17, 15) is 4.79 Å². The maximum absolute atomic E-state index is 12.0. The zero-order valence-corrected chi connectivity index (χ0v) is 11.2. The Hall–Kier alpha value is -1.35. The Morgan fingerprint density at radius 2 is 2.11 bits per heavy atom. The monoisotopic (exact) mass is 246 g/mol. The van der Waals surface area contributed by atoms with Crippen LogP contribution in [0.1, 0.15) is 32.3 Å². The molecule has 2 N–H and O–H groups in total. The number of carbonyl (C=O) groups is 1. The Bertz CT molecular complexity index is 416. The SMILES string of the molecule is CC(N)CC(=O)N1CCC(C)(c2ccccc2)C1. The third kappa shape index (κ3) is 2.72. The van der Waals surface area contributed by atoms with Crippen LogP contribution in [0.4, 0.5) is 0 Å². The van der Waals surface area contributed by atoms with Gasteiger partial charge in [0.1, 0.15) is 0 Å². The third-order valence-electron chi connectivity index (χ3n) is 3.79. The molecule has 98 valence electrons. The fourth-order valence-corrected chi connectivity index (χ4v) is 2.65. The molecule has 0 saturated carbocycles. The van der Waals surface area contributed by atoms with Crippen molar-refractivity contribution < 1.29 is 4.79 Å². The lowest BCUT2D eigenvalue weighted by Crippen LogP contribution is -2.35. The van der Waals surface area contributed by atoms with Gasteiger partial charge in [0, 0.05) is 31.0 Å². The van der Waals surface area contributed by atoms with Crippen molar-refractivity contribution in [3.8, 4) is 0 Å². The molecule has 2 unspecified atom stereocenters. The van der Waals surface area contributed by atoms with E-state index in [0.29, 0.717) is 6.42 Å². The Morgan fingerprint density at radius 1 is 1.44 bits per heavy atom.